The third kappa shape index (κ3) is 5.98. The number of carbonyl (C=O) groups is 4. The average Bonchev–Trinajstić information content (AvgIpc) is 3.43. The molecule has 6 rings (SSSR count). The number of ether oxygens (including phenoxy) is 2. The lowest BCUT2D eigenvalue weighted by Gasteiger charge is -2.11. The molecule has 10 heteroatoms. The minimum atomic E-state index is -0.397. The van der Waals surface area contributed by atoms with Crippen molar-refractivity contribution in [2.75, 3.05) is 0 Å². The number of amides is 4. The molecule has 2 unspecified atom stereocenters. The molecule has 2 fully saturated rings. The van der Waals surface area contributed by atoms with Gasteiger partial charge in [0.15, 0.2) is 0 Å². The van der Waals surface area contributed by atoms with E-state index in [0.29, 0.717) is 35.8 Å². The van der Waals surface area contributed by atoms with E-state index in [9.17, 15) is 19.2 Å². The number of rotatable bonds is 8. The number of fused-ring (bicyclic) bond motifs is 1. The molecule has 0 radical (unpaired) electrons. The smallest absolute Gasteiger partial charge is 0.286 e. The van der Waals surface area contributed by atoms with E-state index in [2.05, 4.69) is 10.6 Å². The maximum absolute atomic E-state index is 11.8. The Bertz CT molecular complexity index is 1520. The van der Waals surface area contributed by atoms with Gasteiger partial charge in [-0.3, -0.25) is 29.8 Å². The maximum atomic E-state index is 11.8. The fourth-order valence-electron chi connectivity index (χ4n) is 4.47. The van der Waals surface area contributed by atoms with Crippen LogP contribution in [0.4, 0.5) is 9.59 Å². The molecule has 0 saturated carbocycles. The van der Waals surface area contributed by atoms with Gasteiger partial charge in [-0.25, -0.2) is 0 Å². The second-order valence-electron chi connectivity index (χ2n) is 9.34. The lowest BCUT2D eigenvalue weighted by atomic mass is 10.1. The quantitative estimate of drug-likeness (QED) is 0.257. The zero-order valence-electron chi connectivity index (χ0n) is 20.9. The summed E-state index contributed by atoms with van der Waals surface area (Å²) in [6.45, 7) is 0. The minimum Gasteiger partial charge on any atom is -0.457 e. The summed E-state index contributed by atoms with van der Waals surface area (Å²) >= 11 is 2.04. The van der Waals surface area contributed by atoms with Gasteiger partial charge in [0.05, 0.1) is 10.5 Å². The third-order valence-electron chi connectivity index (χ3n) is 6.48. The third-order valence-corrected chi connectivity index (χ3v) is 8.44. The number of benzene rings is 4. The zero-order chi connectivity index (χ0) is 27.6. The molecule has 2 aliphatic heterocycles. The van der Waals surface area contributed by atoms with Crippen molar-refractivity contribution in [3.63, 3.8) is 0 Å². The van der Waals surface area contributed by atoms with Crippen LogP contribution in [-0.2, 0) is 22.4 Å². The van der Waals surface area contributed by atoms with Crippen LogP contribution in [0.25, 0.3) is 10.8 Å². The Hall–Kier alpha value is -4.28. The van der Waals surface area contributed by atoms with Gasteiger partial charge >= 0.3 is 0 Å². The minimum absolute atomic E-state index is 0.247. The Morgan fingerprint density at radius 3 is 1.25 bits per heavy atom. The van der Waals surface area contributed by atoms with E-state index in [-0.39, 0.29) is 22.3 Å². The first-order chi connectivity index (χ1) is 19.4. The van der Waals surface area contributed by atoms with E-state index in [1.165, 1.54) is 0 Å². The molecule has 4 amide bonds. The molecule has 40 heavy (non-hydrogen) atoms. The normalized spacial score (nSPS) is 18.6. The van der Waals surface area contributed by atoms with Gasteiger partial charge in [-0.2, -0.15) is 0 Å². The molecular weight excluding hydrogens is 548 g/mol. The molecule has 4 aromatic carbocycles. The lowest BCUT2D eigenvalue weighted by Crippen LogP contribution is -2.25. The van der Waals surface area contributed by atoms with Crippen molar-refractivity contribution in [1.29, 1.82) is 0 Å². The van der Waals surface area contributed by atoms with Crippen molar-refractivity contribution >= 4 is 56.6 Å². The monoisotopic (exact) mass is 570 g/mol. The zero-order valence-corrected chi connectivity index (χ0v) is 22.6. The second-order valence-corrected chi connectivity index (χ2v) is 11.7. The van der Waals surface area contributed by atoms with Crippen molar-refractivity contribution in [2.45, 2.75) is 23.3 Å². The van der Waals surface area contributed by atoms with Gasteiger partial charge in [-0.1, -0.05) is 59.9 Å². The predicted molar refractivity (Wildman–Crippen MR) is 154 cm³/mol. The molecule has 4 aromatic rings. The molecule has 0 aliphatic carbocycles. The van der Waals surface area contributed by atoms with Gasteiger partial charge in [-0.15, -0.1) is 0 Å². The number of imide groups is 2. The lowest BCUT2D eigenvalue weighted by molar-refractivity contribution is -0.119. The predicted octanol–water partition coefficient (Wildman–Crippen LogP) is 6.21. The highest BCUT2D eigenvalue weighted by molar-refractivity contribution is 8.15. The molecule has 0 aromatic heterocycles. The van der Waals surface area contributed by atoms with Crippen molar-refractivity contribution in [3.05, 3.63) is 96.1 Å². The van der Waals surface area contributed by atoms with Crippen LogP contribution < -0.4 is 20.1 Å². The number of hydrogen-bond acceptors (Lipinski definition) is 8. The Labute approximate surface area is 237 Å². The number of carbonyl (C=O) groups excluding carboxylic acids is 4. The summed E-state index contributed by atoms with van der Waals surface area (Å²) < 4.78 is 12.1. The Kier molecular flexibility index (Phi) is 7.19. The van der Waals surface area contributed by atoms with Crippen LogP contribution in [0.2, 0.25) is 0 Å². The Balaban J connectivity index is 1.07. The molecule has 200 valence electrons. The largest absolute Gasteiger partial charge is 0.457 e. The molecule has 8 nitrogen and oxygen atoms in total. The van der Waals surface area contributed by atoms with Gasteiger partial charge in [-0.05, 0) is 83.3 Å². The first kappa shape index (κ1) is 26.0. The van der Waals surface area contributed by atoms with Crippen LogP contribution in [0.1, 0.15) is 11.1 Å². The highest BCUT2D eigenvalue weighted by atomic mass is 32.2. The second kappa shape index (κ2) is 11.1. The van der Waals surface area contributed by atoms with Crippen molar-refractivity contribution < 1.29 is 28.7 Å². The van der Waals surface area contributed by atoms with Crippen molar-refractivity contribution in [3.8, 4) is 23.0 Å². The van der Waals surface area contributed by atoms with Crippen molar-refractivity contribution in [2.24, 2.45) is 0 Å². The standard InChI is InChI=1S/C30H22N2O6S2/c33-27-25(39-29(35)31-27)13-17-1-7-21(8-2-17)37-23-11-5-20-16-24(12-6-19(20)15-23)38-22-9-3-18(4-10-22)14-26-28(34)32-30(36)40-26/h1-12,15-16,25-26H,13-14H2,(H,31,33,35)(H,32,34,36). The summed E-state index contributed by atoms with van der Waals surface area (Å²) in [7, 11) is 0. The highest BCUT2D eigenvalue weighted by Gasteiger charge is 2.32. The average molecular weight is 571 g/mol. The van der Waals surface area contributed by atoms with E-state index >= 15 is 0 Å². The van der Waals surface area contributed by atoms with Crippen LogP contribution in [-0.4, -0.2) is 32.8 Å². The molecule has 0 spiro atoms. The molecule has 2 saturated heterocycles. The first-order valence-corrected chi connectivity index (χ1v) is 14.2. The summed E-state index contributed by atoms with van der Waals surface area (Å²) in [5.41, 5.74) is 1.90. The van der Waals surface area contributed by atoms with E-state index in [1.54, 1.807) is 0 Å². The molecule has 2 aliphatic rings. The van der Waals surface area contributed by atoms with E-state index in [1.807, 2.05) is 84.9 Å². The molecule has 0 bridgehead atoms. The Morgan fingerprint density at radius 2 is 0.900 bits per heavy atom. The summed E-state index contributed by atoms with van der Waals surface area (Å²) in [5.74, 6) is 2.23. The first-order valence-electron chi connectivity index (χ1n) is 12.5. The number of hydrogen-bond donors (Lipinski definition) is 2. The summed E-state index contributed by atoms with van der Waals surface area (Å²) in [6, 6.07) is 26.6. The number of thioether (sulfide) groups is 2. The van der Waals surface area contributed by atoms with Gasteiger partial charge in [0, 0.05) is 0 Å². The fourth-order valence-corrected chi connectivity index (χ4v) is 6.19. The molecule has 2 atom stereocenters. The van der Waals surface area contributed by atoms with Crippen LogP contribution in [0, 0.1) is 0 Å². The Morgan fingerprint density at radius 1 is 0.525 bits per heavy atom. The van der Waals surface area contributed by atoms with Crippen LogP contribution in [0.15, 0.2) is 84.9 Å². The SMILES string of the molecule is O=C1NC(=O)C(Cc2ccc(Oc3ccc4cc(Oc5ccc(CC6SC(=O)NC6=O)cc5)ccc4c3)cc2)S1. The molecule has 2 N–H and O–H groups in total. The van der Waals surface area contributed by atoms with E-state index in [0.717, 1.165) is 45.4 Å². The van der Waals surface area contributed by atoms with Gasteiger partial charge in [0.2, 0.25) is 11.8 Å². The van der Waals surface area contributed by atoms with Crippen molar-refractivity contribution in [1.82, 2.24) is 10.6 Å². The van der Waals surface area contributed by atoms with E-state index < -0.39 is 10.5 Å². The highest BCUT2D eigenvalue weighted by Crippen LogP contribution is 2.31. The van der Waals surface area contributed by atoms with E-state index in [4.69, 9.17) is 9.47 Å². The molecular formula is C30H22N2O6S2. The van der Waals surface area contributed by atoms with Crippen LogP contribution in [0.5, 0.6) is 23.0 Å². The summed E-state index contributed by atoms with van der Waals surface area (Å²) in [5, 5.41) is 5.21. The maximum Gasteiger partial charge on any atom is 0.286 e. The topological polar surface area (TPSA) is 111 Å². The van der Waals surface area contributed by atoms with Crippen LogP contribution in [0.3, 0.4) is 0 Å². The van der Waals surface area contributed by atoms with Gasteiger partial charge < -0.3 is 9.47 Å². The van der Waals surface area contributed by atoms with Gasteiger partial charge in [0.1, 0.15) is 23.0 Å². The fraction of sp³-hybridized carbons (Fsp3) is 0.133. The summed E-state index contributed by atoms with van der Waals surface area (Å²) in [6.07, 6.45) is 0.959. The van der Waals surface area contributed by atoms with Gasteiger partial charge in [0.25, 0.3) is 10.5 Å². The van der Waals surface area contributed by atoms with Crippen LogP contribution >= 0.6 is 23.5 Å². The molecule has 2 heterocycles. The number of nitrogens with one attached hydrogen (secondary N) is 2. The summed E-state index contributed by atoms with van der Waals surface area (Å²) in [4.78, 5) is 46.3.